The summed E-state index contributed by atoms with van der Waals surface area (Å²) in [5.41, 5.74) is 0. The number of allylic oxidation sites excluding steroid dienone is 26. The van der Waals surface area contributed by atoms with Crippen molar-refractivity contribution in [3.8, 4) is 0 Å². The maximum absolute atomic E-state index is 13.1. The molecule has 5 unspecified atom stereocenters. The first-order valence-corrected chi connectivity index (χ1v) is 43.7. The molecule has 0 heterocycles. The fourth-order valence-corrected chi connectivity index (χ4v) is 11.9. The molecule has 604 valence electrons. The van der Waals surface area contributed by atoms with E-state index in [0.717, 1.165) is 212 Å². The molecule has 0 fully saturated rings. The molecule has 0 aliphatic heterocycles. The van der Waals surface area contributed by atoms with Crippen LogP contribution in [-0.2, 0) is 65.4 Å². The van der Waals surface area contributed by atoms with E-state index in [1.165, 1.54) is 19.3 Å². The Hall–Kier alpha value is -5.32. The molecule has 0 saturated carbocycles. The lowest BCUT2D eigenvalue weighted by Crippen LogP contribution is -2.30. The van der Waals surface area contributed by atoms with Crippen LogP contribution in [0.1, 0.15) is 310 Å². The van der Waals surface area contributed by atoms with Gasteiger partial charge in [0.1, 0.15) is 19.3 Å². The topological polar surface area (TPSA) is 237 Å². The molecule has 19 heteroatoms. The Bertz CT molecular complexity index is 2630. The normalized spacial score (nSPS) is 14.7. The van der Waals surface area contributed by atoms with Crippen molar-refractivity contribution in [2.75, 3.05) is 39.6 Å². The Labute approximate surface area is 642 Å². The van der Waals surface area contributed by atoms with E-state index in [9.17, 15) is 43.2 Å². The molecular weight excluding hydrogens is 1380 g/mol. The fraction of sp³-hybridized carbons (Fsp3) is 0.655. The highest BCUT2D eigenvalue weighted by atomic mass is 31.2. The number of aliphatic hydroxyl groups is 1. The highest BCUT2D eigenvalue weighted by Crippen LogP contribution is 2.45. The van der Waals surface area contributed by atoms with Crippen LogP contribution >= 0.6 is 15.6 Å². The van der Waals surface area contributed by atoms with Gasteiger partial charge in [0.05, 0.1) is 26.4 Å². The zero-order valence-electron chi connectivity index (χ0n) is 66.1. The molecular formula is C87H144O17P2. The Morgan fingerprint density at radius 2 is 0.491 bits per heavy atom. The van der Waals surface area contributed by atoms with E-state index in [-0.39, 0.29) is 25.7 Å². The molecule has 0 radical (unpaired) electrons. The number of phosphoric ester groups is 2. The average Bonchev–Trinajstić information content (AvgIpc) is 0.902. The van der Waals surface area contributed by atoms with Crippen LogP contribution in [0.15, 0.2) is 158 Å². The standard InChI is InChI=1S/C87H144O17P2/c1-5-9-13-17-21-25-29-33-37-39-40-42-45-48-52-56-60-64-68-72-85(90)98-78-83(104-87(92)74-70-66-62-58-54-50-46-41-38-34-30-26-22-18-14-10-6-2)80-102-106(95,96)100-76-81(88)75-99-105(93,94)101-79-82(103-86(91)73-69-65-61-57-53-49-44-36-32-28-24-20-16-12-8-4)77-97-84(89)71-67-63-59-55-51-47-43-35-31-27-23-19-15-11-7-3/h9-11,13-15,21-28,33-38,40,42-44,48,52,81-83,88H,5-8,12,16-20,29-32,39,41,45-47,49-51,53-80H2,1-4H3,(H,93,94)(H,95,96)/b13-9-,14-10-,15-11-,25-21-,26-22-,27-23-,28-24-,37-33-,38-34-,42-40-,43-35-,44-36-,52-48-. The number of unbranched alkanes of at least 4 members (excludes halogenated alkanes) is 23. The molecule has 3 N–H and O–H groups in total. The molecule has 0 aliphatic carbocycles. The number of aliphatic hydroxyl groups excluding tert-OH is 1. The molecule has 0 aromatic carbocycles. The third-order valence-corrected chi connectivity index (χ3v) is 18.4. The van der Waals surface area contributed by atoms with Crippen molar-refractivity contribution in [2.45, 2.75) is 329 Å². The number of esters is 4. The molecule has 0 aromatic heterocycles. The van der Waals surface area contributed by atoms with Crippen LogP contribution in [0, 0.1) is 0 Å². The van der Waals surface area contributed by atoms with Gasteiger partial charge in [0.15, 0.2) is 12.2 Å². The van der Waals surface area contributed by atoms with Crippen LogP contribution in [0.5, 0.6) is 0 Å². The first kappa shape index (κ1) is 101. The number of carbonyl (C=O) groups excluding carboxylic acids is 4. The second kappa shape index (κ2) is 77.8. The monoisotopic (exact) mass is 1520 g/mol. The lowest BCUT2D eigenvalue weighted by atomic mass is 10.1. The average molecular weight is 1520 g/mol. The fourth-order valence-electron chi connectivity index (χ4n) is 10.4. The van der Waals surface area contributed by atoms with Crippen molar-refractivity contribution < 1.29 is 80.2 Å². The summed E-state index contributed by atoms with van der Waals surface area (Å²) in [6, 6.07) is 0. The van der Waals surface area contributed by atoms with Crippen molar-refractivity contribution in [3.05, 3.63) is 158 Å². The van der Waals surface area contributed by atoms with Gasteiger partial charge in [-0.05, 0) is 167 Å². The van der Waals surface area contributed by atoms with Crippen molar-refractivity contribution in [1.82, 2.24) is 0 Å². The number of carbonyl (C=O) groups is 4. The van der Waals surface area contributed by atoms with Gasteiger partial charge < -0.3 is 33.8 Å². The Kier molecular flexibility index (Phi) is 73.9. The number of hydrogen-bond acceptors (Lipinski definition) is 15. The van der Waals surface area contributed by atoms with E-state index in [4.69, 9.17) is 37.0 Å². The minimum Gasteiger partial charge on any atom is -0.462 e. The minimum absolute atomic E-state index is 0.0702. The highest BCUT2D eigenvalue weighted by Gasteiger charge is 2.30. The highest BCUT2D eigenvalue weighted by molar-refractivity contribution is 7.47. The molecule has 0 saturated heterocycles. The molecule has 0 bridgehead atoms. The molecule has 0 aliphatic rings. The number of phosphoric acid groups is 2. The zero-order valence-corrected chi connectivity index (χ0v) is 67.8. The summed E-state index contributed by atoms with van der Waals surface area (Å²) in [6.45, 7) is 4.44. The minimum atomic E-state index is -5.00. The van der Waals surface area contributed by atoms with Gasteiger partial charge in [-0.25, -0.2) is 9.13 Å². The Morgan fingerprint density at radius 3 is 0.764 bits per heavy atom. The van der Waals surface area contributed by atoms with Gasteiger partial charge in [-0.15, -0.1) is 0 Å². The third kappa shape index (κ3) is 76.9. The smallest absolute Gasteiger partial charge is 0.462 e. The van der Waals surface area contributed by atoms with Crippen molar-refractivity contribution >= 4 is 39.5 Å². The van der Waals surface area contributed by atoms with Gasteiger partial charge in [0.25, 0.3) is 0 Å². The largest absolute Gasteiger partial charge is 0.472 e. The van der Waals surface area contributed by atoms with Gasteiger partial charge in [-0.1, -0.05) is 276 Å². The summed E-state index contributed by atoms with van der Waals surface area (Å²) >= 11 is 0. The van der Waals surface area contributed by atoms with Crippen molar-refractivity contribution in [3.63, 3.8) is 0 Å². The first-order chi connectivity index (χ1) is 51.7. The van der Waals surface area contributed by atoms with Crippen LogP contribution in [0.4, 0.5) is 0 Å². The quantitative estimate of drug-likeness (QED) is 0.0169. The number of rotatable bonds is 75. The Balaban J connectivity index is 5.44. The van der Waals surface area contributed by atoms with Crippen molar-refractivity contribution in [1.29, 1.82) is 0 Å². The van der Waals surface area contributed by atoms with E-state index in [1.54, 1.807) is 0 Å². The predicted octanol–water partition coefficient (Wildman–Crippen LogP) is 24.0. The molecule has 0 rings (SSSR count). The maximum atomic E-state index is 13.1. The Morgan fingerprint density at radius 1 is 0.274 bits per heavy atom. The maximum Gasteiger partial charge on any atom is 0.472 e. The molecule has 106 heavy (non-hydrogen) atoms. The van der Waals surface area contributed by atoms with Gasteiger partial charge in [0.2, 0.25) is 0 Å². The molecule has 5 atom stereocenters. The summed E-state index contributed by atoms with van der Waals surface area (Å²) in [6.07, 6.45) is 90.7. The summed E-state index contributed by atoms with van der Waals surface area (Å²) < 4.78 is 68.6. The van der Waals surface area contributed by atoms with Gasteiger partial charge >= 0.3 is 39.5 Å². The second-order valence-corrected chi connectivity index (χ2v) is 29.5. The van der Waals surface area contributed by atoms with Crippen LogP contribution < -0.4 is 0 Å². The zero-order chi connectivity index (χ0) is 77.4. The molecule has 0 amide bonds. The number of ether oxygens (including phenoxy) is 4. The van der Waals surface area contributed by atoms with Crippen molar-refractivity contribution in [2.24, 2.45) is 0 Å². The molecule has 17 nitrogen and oxygen atoms in total. The summed E-state index contributed by atoms with van der Waals surface area (Å²) in [5.74, 6) is -2.26. The van der Waals surface area contributed by atoms with Crippen LogP contribution in [0.2, 0.25) is 0 Å². The SMILES string of the molecule is CC/C=C\C/C=C\C/C=C\C/C=C\C/C=C\CCCCCC(=O)OCC(COP(=O)(O)OCC(O)COP(=O)(O)OCC(COC(=O)CCCCCCC/C=C\C/C=C\C/C=C\CC)OC(=O)CCCCCCC/C=C\C/C=C\CCCCC)OC(=O)CCCCCCCCC/C=C\C/C=C\C/C=C\CC. The third-order valence-electron chi connectivity index (χ3n) is 16.5. The van der Waals surface area contributed by atoms with E-state index in [0.29, 0.717) is 25.7 Å². The lowest BCUT2D eigenvalue weighted by Gasteiger charge is -2.21. The second-order valence-electron chi connectivity index (χ2n) is 26.6. The van der Waals surface area contributed by atoms with Gasteiger partial charge in [-0.2, -0.15) is 0 Å². The van der Waals surface area contributed by atoms with Gasteiger partial charge in [-0.3, -0.25) is 37.3 Å². The van der Waals surface area contributed by atoms with Crippen LogP contribution in [0.3, 0.4) is 0 Å². The number of hydrogen-bond donors (Lipinski definition) is 3. The summed E-state index contributed by atoms with van der Waals surface area (Å²) in [4.78, 5) is 73.1. The van der Waals surface area contributed by atoms with E-state index >= 15 is 0 Å². The summed E-state index contributed by atoms with van der Waals surface area (Å²) in [7, 11) is -9.99. The molecule has 0 spiro atoms. The van der Waals surface area contributed by atoms with E-state index in [1.807, 2.05) is 0 Å². The van der Waals surface area contributed by atoms with E-state index < -0.39 is 97.5 Å². The van der Waals surface area contributed by atoms with Gasteiger partial charge in [0, 0.05) is 25.7 Å². The lowest BCUT2D eigenvalue weighted by molar-refractivity contribution is -0.161. The van der Waals surface area contributed by atoms with E-state index in [2.05, 4.69) is 186 Å². The predicted molar refractivity (Wildman–Crippen MR) is 436 cm³/mol. The summed E-state index contributed by atoms with van der Waals surface area (Å²) in [5, 5.41) is 10.7. The van der Waals surface area contributed by atoms with Crippen LogP contribution in [0.25, 0.3) is 0 Å². The van der Waals surface area contributed by atoms with Crippen LogP contribution in [-0.4, -0.2) is 96.7 Å². The molecule has 0 aromatic rings. The first-order valence-electron chi connectivity index (χ1n) is 40.7.